The molecule has 0 saturated carbocycles. The van der Waals surface area contributed by atoms with Crippen LogP contribution in [0.1, 0.15) is 13.3 Å². The van der Waals surface area contributed by atoms with E-state index in [1.165, 1.54) is 19.2 Å². The van der Waals surface area contributed by atoms with E-state index >= 15 is 0 Å². The van der Waals surface area contributed by atoms with Crippen LogP contribution in [-0.4, -0.2) is 55.7 Å². The molecule has 1 N–H and O–H groups in total. The van der Waals surface area contributed by atoms with Crippen molar-refractivity contribution in [3.63, 3.8) is 0 Å². The minimum absolute atomic E-state index is 0.0646. The molecular weight excluding hydrogens is 460 g/mol. The molecule has 0 bridgehead atoms. The quantitative estimate of drug-likeness (QED) is 0.332. The third-order valence-corrected chi connectivity index (χ3v) is 6.97. The predicted molar refractivity (Wildman–Crippen MR) is 114 cm³/mol. The number of sulfonamides is 1. The Hall–Kier alpha value is -1.89. The van der Waals surface area contributed by atoms with Crippen molar-refractivity contribution in [2.24, 2.45) is 0 Å². The monoisotopic (exact) mass is 478 g/mol. The molecule has 0 unspecified atom stereocenters. The van der Waals surface area contributed by atoms with E-state index in [1.807, 2.05) is 0 Å². The number of carbonyl (C=O) groups excluding carboxylic acids is 2. The lowest BCUT2D eigenvalue weighted by molar-refractivity contribution is -0.137. The van der Waals surface area contributed by atoms with E-state index in [9.17, 15) is 18.0 Å². The van der Waals surface area contributed by atoms with Gasteiger partial charge in [-0.1, -0.05) is 41.6 Å². The molecule has 0 aliphatic rings. The van der Waals surface area contributed by atoms with Crippen molar-refractivity contribution in [1.29, 1.82) is 0 Å². The van der Waals surface area contributed by atoms with Gasteiger partial charge >= 0.3 is 5.97 Å². The van der Waals surface area contributed by atoms with Crippen LogP contribution >= 0.6 is 34.7 Å². The van der Waals surface area contributed by atoms with Gasteiger partial charge in [-0.2, -0.15) is 0 Å². The summed E-state index contributed by atoms with van der Waals surface area (Å²) in [4.78, 5) is 24.0. The number of benzene rings is 1. The molecule has 9 nitrogen and oxygen atoms in total. The number of nitrogens with zero attached hydrogens (tertiary/aromatic N) is 3. The first-order chi connectivity index (χ1) is 13.7. The van der Waals surface area contributed by atoms with Crippen LogP contribution in [0.5, 0.6) is 0 Å². The molecule has 13 heteroatoms. The molecule has 0 spiro atoms. The van der Waals surface area contributed by atoms with Crippen LogP contribution in [0.2, 0.25) is 5.02 Å². The summed E-state index contributed by atoms with van der Waals surface area (Å²) < 4.78 is 30.9. The van der Waals surface area contributed by atoms with Gasteiger partial charge in [-0.3, -0.25) is 19.2 Å². The first-order valence-electron chi connectivity index (χ1n) is 8.24. The Morgan fingerprint density at radius 3 is 2.52 bits per heavy atom. The van der Waals surface area contributed by atoms with Gasteiger partial charge in [0.1, 0.15) is 6.04 Å². The molecule has 0 aliphatic heterocycles. The number of anilines is 2. The summed E-state index contributed by atoms with van der Waals surface area (Å²) in [7, 11) is -2.47. The number of amides is 1. The molecule has 0 fully saturated rings. The first kappa shape index (κ1) is 23.4. The summed E-state index contributed by atoms with van der Waals surface area (Å²) in [5, 5.41) is 11.0. The molecule has 1 atom stereocenters. The van der Waals surface area contributed by atoms with E-state index in [4.69, 9.17) is 11.6 Å². The maximum Gasteiger partial charge on any atom is 0.316 e. The Kier molecular flexibility index (Phi) is 8.25. The predicted octanol–water partition coefficient (Wildman–Crippen LogP) is 2.64. The van der Waals surface area contributed by atoms with Crippen LogP contribution in [-0.2, 0) is 24.3 Å². The number of aromatic nitrogens is 2. The lowest BCUT2D eigenvalue weighted by atomic mass is 10.2. The Bertz CT molecular complexity index is 965. The zero-order chi connectivity index (χ0) is 21.6. The van der Waals surface area contributed by atoms with Crippen molar-refractivity contribution in [3.05, 3.63) is 29.3 Å². The van der Waals surface area contributed by atoms with E-state index in [2.05, 4.69) is 20.3 Å². The van der Waals surface area contributed by atoms with Gasteiger partial charge < -0.3 is 4.74 Å². The highest BCUT2D eigenvalue weighted by Gasteiger charge is 2.32. The molecule has 0 radical (unpaired) electrons. The molecule has 0 aliphatic carbocycles. The number of halogens is 1. The van der Waals surface area contributed by atoms with Crippen LogP contribution in [0.15, 0.2) is 28.6 Å². The van der Waals surface area contributed by atoms with Gasteiger partial charge in [0.25, 0.3) is 0 Å². The second kappa shape index (κ2) is 10.2. The molecule has 29 heavy (non-hydrogen) atoms. The largest absolute Gasteiger partial charge is 0.468 e. The Morgan fingerprint density at radius 1 is 1.31 bits per heavy atom. The average molecular weight is 479 g/mol. The van der Waals surface area contributed by atoms with Crippen molar-refractivity contribution in [2.45, 2.75) is 23.7 Å². The second-order valence-corrected chi connectivity index (χ2v) is 10.2. The molecule has 1 aromatic carbocycles. The first-order valence-corrected chi connectivity index (χ1v) is 12.3. The third kappa shape index (κ3) is 6.56. The number of rotatable bonds is 9. The molecule has 0 saturated heterocycles. The lowest BCUT2D eigenvalue weighted by Crippen LogP contribution is -2.46. The van der Waals surface area contributed by atoms with Crippen LogP contribution in [0.3, 0.4) is 0 Å². The lowest BCUT2D eigenvalue weighted by Gasteiger charge is -2.29. The maximum atomic E-state index is 12.8. The van der Waals surface area contributed by atoms with Crippen LogP contribution < -0.4 is 9.62 Å². The fourth-order valence-electron chi connectivity index (χ4n) is 2.34. The minimum Gasteiger partial charge on any atom is -0.468 e. The standard InChI is InChI=1S/C16H19ClN4O5S3/c1-4-12(21(29(3,24)25)11-7-5-10(17)6-8-11)14(23)18-15-19-20-16(28-15)27-9-13(22)26-2/h5-8,12H,4,9H2,1-3H3,(H,18,19,23)/t12-/m0/s1. The SMILES string of the molecule is CC[C@@H](C(=O)Nc1nnc(SCC(=O)OC)s1)N(c1ccc(Cl)cc1)S(C)(=O)=O. The highest BCUT2D eigenvalue weighted by atomic mass is 35.5. The molecule has 1 heterocycles. The topological polar surface area (TPSA) is 119 Å². The van der Waals surface area contributed by atoms with Crippen LogP contribution in [0.4, 0.5) is 10.8 Å². The Labute approximate surface area is 181 Å². The fraction of sp³-hybridized carbons (Fsp3) is 0.375. The summed E-state index contributed by atoms with van der Waals surface area (Å²) in [5.74, 6) is -0.892. The van der Waals surface area contributed by atoms with Gasteiger partial charge in [0.2, 0.25) is 21.1 Å². The van der Waals surface area contributed by atoms with Crippen molar-refractivity contribution in [1.82, 2.24) is 10.2 Å². The van der Waals surface area contributed by atoms with Crippen LogP contribution in [0.25, 0.3) is 0 Å². The Balaban J connectivity index is 2.18. The van der Waals surface area contributed by atoms with E-state index in [0.717, 1.165) is 33.7 Å². The van der Waals surface area contributed by atoms with Crippen molar-refractivity contribution < 1.29 is 22.7 Å². The molecule has 2 aromatic rings. The van der Waals surface area contributed by atoms with Crippen LogP contribution in [0, 0.1) is 0 Å². The van der Waals surface area contributed by atoms with Gasteiger partial charge in [-0.15, -0.1) is 10.2 Å². The van der Waals surface area contributed by atoms with Crippen molar-refractivity contribution in [2.75, 3.05) is 28.7 Å². The number of thioether (sulfide) groups is 1. The van der Waals surface area contributed by atoms with Crippen molar-refractivity contribution >= 4 is 67.4 Å². The van der Waals surface area contributed by atoms with E-state index in [1.54, 1.807) is 19.1 Å². The summed E-state index contributed by atoms with van der Waals surface area (Å²) >= 11 is 8.08. The normalized spacial score (nSPS) is 12.3. The summed E-state index contributed by atoms with van der Waals surface area (Å²) in [6, 6.07) is 5.17. The molecule has 158 valence electrons. The number of hydrogen-bond donors (Lipinski definition) is 1. The zero-order valence-electron chi connectivity index (χ0n) is 15.8. The second-order valence-electron chi connectivity index (χ2n) is 5.69. The molecule has 1 amide bonds. The number of esters is 1. The van der Waals surface area contributed by atoms with Gasteiger partial charge in [0, 0.05) is 5.02 Å². The van der Waals surface area contributed by atoms with Crippen molar-refractivity contribution in [3.8, 4) is 0 Å². The number of methoxy groups -OCH3 is 1. The summed E-state index contributed by atoms with van der Waals surface area (Å²) in [6.45, 7) is 1.70. The van der Waals surface area contributed by atoms with Gasteiger partial charge in [0.15, 0.2) is 4.34 Å². The average Bonchev–Trinajstić information content (AvgIpc) is 3.11. The van der Waals surface area contributed by atoms with Gasteiger partial charge in [-0.05, 0) is 30.7 Å². The molecule has 1 aromatic heterocycles. The molecule has 2 rings (SSSR count). The zero-order valence-corrected chi connectivity index (χ0v) is 19.0. The number of nitrogens with one attached hydrogen (secondary N) is 1. The van der Waals surface area contributed by atoms with E-state index in [-0.39, 0.29) is 17.3 Å². The van der Waals surface area contributed by atoms with Gasteiger partial charge in [-0.25, -0.2) is 8.42 Å². The Morgan fingerprint density at radius 2 is 1.97 bits per heavy atom. The highest BCUT2D eigenvalue weighted by molar-refractivity contribution is 8.01. The highest BCUT2D eigenvalue weighted by Crippen LogP contribution is 2.28. The summed E-state index contributed by atoms with van der Waals surface area (Å²) in [6.07, 6.45) is 1.26. The van der Waals surface area contributed by atoms with Gasteiger partial charge in [0.05, 0.1) is 24.8 Å². The fourth-order valence-corrected chi connectivity index (χ4v) is 5.26. The van der Waals surface area contributed by atoms with E-state index < -0.39 is 27.9 Å². The smallest absolute Gasteiger partial charge is 0.316 e. The van der Waals surface area contributed by atoms with E-state index in [0.29, 0.717) is 15.0 Å². The third-order valence-electron chi connectivity index (χ3n) is 3.59. The molecular formula is C16H19ClN4O5S3. The number of hydrogen-bond acceptors (Lipinski definition) is 9. The minimum atomic E-state index is -3.75. The maximum absolute atomic E-state index is 12.8. The summed E-state index contributed by atoms with van der Waals surface area (Å²) in [5.41, 5.74) is 0.325. The number of carbonyl (C=O) groups is 2. The number of ether oxygens (including phenoxy) is 1.